The summed E-state index contributed by atoms with van der Waals surface area (Å²) < 4.78 is 30.0. The van der Waals surface area contributed by atoms with Crippen molar-refractivity contribution >= 4 is 26.7 Å². The number of benzene rings is 1. The Morgan fingerprint density at radius 2 is 1.96 bits per heavy atom. The third-order valence-corrected chi connectivity index (χ3v) is 6.21. The first-order valence-electron chi connectivity index (χ1n) is 7.84. The average Bonchev–Trinajstić information content (AvgIpc) is 2.50. The summed E-state index contributed by atoms with van der Waals surface area (Å²) in [5.41, 5.74) is 0.831. The molecule has 0 N–H and O–H groups in total. The molecule has 130 valence electrons. The van der Waals surface area contributed by atoms with Gasteiger partial charge in [-0.3, -0.25) is 4.79 Å². The van der Waals surface area contributed by atoms with Crippen molar-refractivity contribution in [3.8, 4) is 5.75 Å². The lowest BCUT2D eigenvalue weighted by molar-refractivity contribution is -0.112. The van der Waals surface area contributed by atoms with Crippen molar-refractivity contribution < 1.29 is 17.9 Å². The molecule has 0 aliphatic rings. The van der Waals surface area contributed by atoms with E-state index in [0.29, 0.717) is 5.75 Å². The van der Waals surface area contributed by atoms with Gasteiger partial charge >= 0.3 is 0 Å². The number of ether oxygens (including phenoxy) is 1. The van der Waals surface area contributed by atoms with Crippen LogP contribution in [0.1, 0.15) is 57.9 Å². The highest BCUT2D eigenvalue weighted by Gasteiger charge is 2.24. The van der Waals surface area contributed by atoms with Gasteiger partial charge in [0.25, 0.3) is 0 Å². The highest BCUT2D eigenvalue weighted by atomic mass is 35.5. The maximum Gasteiger partial charge on any atom is 0.222 e. The monoisotopic (exact) mass is 360 g/mol. The molecular formula is C17H25ClO4S. The lowest BCUT2D eigenvalue weighted by Crippen LogP contribution is -2.14. The second-order valence-electron chi connectivity index (χ2n) is 5.90. The van der Waals surface area contributed by atoms with Gasteiger partial charge in [0.05, 0.1) is 17.3 Å². The van der Waals surface area contributed by atoms with Gasteiger partial charge in [-0.05, 0) is 55.5 Å². The fourth-order valence-electron chi connectivity index (χ4n) is 2.49. The van der Waals surface area contributed by atoms with Crippen LogP contribution in [0.15, 0.2) is 23.1 Å². The zero-order valence-electron chi connectivity index (χ0n) is 14.1. The van der Waals surface area contributed by atoms with Crippen molar-refractivity contribution in [2.75, 3.05) is 7.11 Å². The molecule has 23 heavy (non-hydrogen) atoms. The lowest BCUT2D eigenvalue weighted by atomic mass is 9.90. The first-order valence-corrected chi connectivity index (χ1v) is 9.76. The van der Waals surface area contributed by atoms with Crippen LogP contribution in [0, 0.1) is 0 Å². The summed E-state index contributed by atoms with van der Waals surface area (Å²) in [5, 5.41) is -0.898. The highest BCUT2D eigenvalue weighted by molar-refractivity contribution is 7.92. The summed E-state index contributed by atoms with van der Waals surface area (Å²) in [7, 11) is -1.86. The number of sulfone groups is 1. The van der Waals surface area contributed by atoms with E-state index in [1.54, 1.807) is 32.0 Å². The van der Waals surface area contributed by atoms with E-state index >= 15 is 0 Å². The van der Waals surface area contributed by atoms with Gasteiger partial charge in [0.1, 0.15) is 5.75 Å². The largest absolute Gasteiger partial charge is 0.496 e. The molecule has 0 heterocycles. The standard InChI is InChI=1S/C17H25ClO4S/c1-5-6-7-13(10-17(18)19)15-9-8-14(11-16(15)22-4)23(20,21)12(2)3/h8-9,11-13H,5-7,10H2,1-4H3. The minimum atomic E-state index is -3.36. The molecule has 1 aromatic carbocycles. The molecule has 0 aromatic heterocycles. The molecule has 4 nitrogen and oxygen atoms in total. The number of hydrogen-bond donors (Lipinski definition) is 0. The van der Waals surface area contributed by atoms with Crippen molar-refractivity contribution in [3.63, 3.8) is 0 Å². The third-order valence-electron chi connectivity index (χ3n) is 3.91. The molecule has 6 heteroatoms. The van der Waals surface area contributed by atoms with Gasteiger partial charge in [-0.1, -0.05) is 25.8 Å². The number of hydrogen-bond acceptors (Lipinski definition) is 4. The van der Waals surface area contributed by atoms with Gasteiger partial charge in [-0.2, -0.15) is 0 Å². The molecule has 0 spiro atoms. The van der Waals surface area contributed by atoms with Gasteiger partial charge in [-0.15, -0.1) is 0 Å². The molecule has 0 aliphatic carbocycles. The Hall–Kier alpha value is -1.07. The van der Waals surface area contributed by atoms with Crippen LogP contribution in [-0.4, -0.2) is 26.0 Å². The van der Waals surface area contributed by atoms with Crippen molar-refractivity contribution in [3.05, 3.63) is 23.8 Å². The van der Waals surface area contributed by atoms with Gasteiger partial charge in [0.2, 0.25) is 5.24 Å². The fourth-order valence-corrected chi connectivity index (χ4v) is 3.75. The lowest BCUT2D eigenvalue weighted by Gasteiger charge is -2.19. The maximum absolute atomic E-state index is 12.3. The predicted molar refractivity (Wildman–Crippen MR) is 93.1 cm³/mol. The van der Waals surface area contributed by atoms with Crippen molar-refractivity contribution in [1.82, 2.24) is 0 Å². The van der Waals surface area contributed by atoms with E-state index in [0.717, 1.165) is 24.8 Å². The Morgan fingerprint density at radius 3 is 2.43 bits per heavy atom. The summed E-state index contributed by atoms with van der Waals surface area (Å²) in [6.45, 7) is 5.37. The quantitative estimate of drug-likeness (QED) is 0.616. The summed E-state index contributed by atoms with van der Waals surface area (Å²) in [6.07, 6.45) is 2.99. The number of rotatable bonds is 9. The van der Waals surface area contributed by atoms with E-state index < -0.39 is 20.3 Å². The molecule has 0 radical (unpaired) electrons. The molecule has 0 saturated heterocycles. The number of halogens is 1. The zero-order valence-corrected chi connectivity index (χ0v) is 15.7. The van der Waals surface area contributed by atoms with E-state index in [4.69, 9.17) is 16.3 Å². The molecule has 1 rings (SSSR count). The average molecular weight is 361 g/mol. The van der Waals surface area contributed by atoms with Gasteiger partial charge in [0, 0.05) is 6.42 Å². The van der Waals surface area contributed by atoms with Crippen molar-refractivity contribution in [1.29, 1.82) is 0 Å². The molecule has 1 atom stereocenters. The van der Waals surface area contributed by atoms with Crippen LogP contribution in [0.3, 0.4) is 0 Å². The fraction of sp³-hybridized carbons (Fsp3) is 0.588. The number of carbonyl (C=O) groups excluding carboxylic acids is 1. The van der Waals surface area contributed by atoms with Crippen LogP contribution in [0.4, 0.5) is 0 Å². The molecule has 0 bridgehead atoms. The summed E-state index contributed by atoms with van der Waals surface area (Å²) in [6, 6.07) is 4.88. The summed E-state index contributed by atoms with van der Waals surface area (Å²) in [4.78, 5) is 11.6. The molecule has 0 saturated carbocycles. The Labute approximate surface area is 144 Å². The van der Waals surface area contributed by atoms with Crippen LogP contribution in [0.2, 0.25) is 0 Å². The number of methoxy groups -OCH3 is 1. The van der Waals surface area contributed by atoms with Gasteiger partial charge in [-0.25, -0.2) is 8.42 Å². The summed E-state index contributed by atoms with van der Waals surface area (Å²) in [5.74, 6) is 0.427. The Balaban J connectivity index is 3.27. The Bertz CT molecular complexity index is 638. The van der Waals surface area contributed by atoms with Gasteiger partial charge in [0.15, 0.2) is 9.84 Å². The first kappa shape index (κ1) is 20.0. The second kappa shape index (κ2) is 8.69. The molecule has 1 unspecified atom stereocenters. The summed E-state index contributed by atoms with van der Waals surface area (Å²) >= 11 is 5.57. The zero-order chi connectivity index (χ0) is 17.6. The predicted octanol–water partition coefficient (Wildman–Crippen LogP) is 4.31. The topological polar surface area (TPSA) is 60.4 Å². The molecule has 0 amide bonds. The second-order valence-corrected chi connectivity index (χ2v) is 8.82. The van der Waals surface area contributed by atoms with Crippen LogP contribution >= 0.6 is 11.6 Å². The SMILES string of the molecule is CCCCC(CC(=O)Cl)c1ccc(S(=O)(=O)C(C)C)cc1OC. The van der Waals surface area contributed by atoms with Crippen LogP contribution in [0.5, 0.6) is 5.75 Å². The van der Waals surface area contributed by atoms with Gasteiger partial charge < -0.3 is 4.74 Å². The first-order chi connectivity index (χ1) is 10.7. The number of unbranched alkanes of at least 4 members (excludes halogenated alkanes) is 1. The molecule has 0 fully saturated rings. The van der Waals surface area contributed by atoms with E-state index in [1.807, 2.05) is 0 Å². The van der Waals surface area contributed by atoms with E-state index in [-0.39, 0.29) is 17.2 Å². The van der Waals surface area contributed by atoms with Crippen molar-refractivity contribution in [2.45, 2.75) is 62.5 Å². The smallest absolute Gasteiger partial charge is 0.222 e. The van der Waals surface area contributed by atoms with Crippen LogP contribution in [0.25, 0.3) is 0 Å². The third kappa shape index (κ3) is 5.21. The molecule has 0 aliphatic heterocycles. The van der Waals surface area contributed by atoms with Crippen LogP contribution < -0.4 is 4.74 Å². The normalized spacial score (nSPS) is 13.1. The minimum absolute atomic E-state index is 0.0642. The molecule has 1 aromatic rings. The van der Waals surface area contributed by atoms with E-state index in [1.165, 1.54) is 7.11 Å². The molecular weight excluding hydrogens is 336 g/mol. The van der Waals surface area contributed by atoms with Crippen molar-refractivity contribution in [2.24, 2.45) is 0 Å². The van der Waals surface area contributed by atoms with Crippen LogP contribution in [-0.2, 0) is 14.6 Å². The van der Waals surface area contributed by atoms with E-state index in [9.17, 15) is 13.2 Å². The minimum Gasteiger partial charge on any atom is -0.496 e. The highest BCUT2D eigenvalue weighted by Crippen LogP contribution is 2.35. The van der Waals surface area contributed by atoms with E-state index in [2.05, 4.69) is 6.92 Å². The number of carbonyl (C=O) groups is 1. The Kier molecular flexibility index (Phi) is 7.55. The maximum atomic E-state index is 12.3. The Morgan fingerprint density at radius 1 is 1.30 bits per heavy atom.